The Labute approximate surface area is 103 Å². The number of hydrogen-bond acceptors (Lipinski definition) is 1. The summed E-state index contributed by atoms with van der Waals surface area (Å²) >= 11 is 0. The summed E-state index contributed by atoms with van der Waals surface area (Å²) in [6, 6.07) is 11.7. The van der Waals surface area contributed by atoms with Gasteiger partial charge in [0, 0.05) is 0 Å². The molecule has 0 aromatic heterocycles. The van der Waals surface area contributed by atoms with Crippen molar-refractivity contribution >= 4 is 0 Å². The molecule has 2 aromatic rings. The predicted molar refractivity (Wildman–Crippen MR) is 62.4 cm³/mol. The van der Waals surface area contributed by atoms with Crippen molar-refractivity contribution in [2.75, 3.05) is 0 Å². The number of aromatic hydroxyl groups is 1. The van der Waals surface area contributed by atoms with Crippen molar-refractivity contribution < 1.29 is 18.3 Å². The van der Waals surface area contributed by atoms with Crippen LogP contribution in [0.2, 0.25) is 0 Å². The number of halogens is 3. The molecule has 0 spiro atoms. The van der Waals surface area contributed by atoms with E-state index in [1.54, 1.807) is 18.2 Å². The van der Waals surface area contributed by atoms with E-state index in [-0.39, 0.29) is 5.75 Å². The van der Waals surface area contributed by atoms with Gasteiger partial charge in [-0.25, -0.2) is 0 Å². The summed E-state index contributed by atoms with van der Waals surface area (Å²) in [7, 11) is 0. The molecule has 2 rings (SSSR count). The van der Waals surface area contributed by atoms with Gasteiger partial charge in [-0.3, -0.25) is 0 Å². The van der Waals surface area contributed by atoms with Gasteiger partial charge in [0.2, 0.25) is 0 Å². The van der Waals surface area contributed by atoms with Crippen molar-refractivity contribution in [2.45, 2.75) is 12.6 Å². The average Bonchev–Trinajstić information content (AvgIpc) is 2.31. The fourth-order valence-corrected chi connectivity index (χ4v) is 1.71. The van der Waals surface area contributed by atoms with Crippen LogP contribution in [-0.4, -0.2) is 5.11 Å². The molecule has 0 bridgehead atoms. The van der Waals surface area contributed by atoms with Gasteiger partial charge in [0.05, 0.1) is 5.56 Å². The lowest BCUT2D eigenvalue weighted by Gasteiger charge is -2.08. The van der Waals surface area contributed by atoms with Crippen LogP contribution < -0.4 is 0 Å². The van der Waals surface area contributed by atoms with E-state index < -0.39 is 11.7 Å². The van der Waals surface area contributed by atoms with Crippen LogP contribution in [0.1, 0.15) is 16.7 Å². The molecule has 0 saturated heterocycles. The molecule has 4 heteroatoms. The summed E-state index contributed by atoms with van der Waals surface area (Å²) in [5, 5.41) is 9.12. The summed E-state index contributed by atoms with van der Waals surface area (Å²) in [5.74, 6) is 0.141. The molecule has 0 aliphatic carbocycles. The van der Waals surface area contributed by atoms with Crippen LogP contribution in [0.25, 0.3) is 0 Å². The maximum absolute atomic E-state index is 12.5. The van der Waals surface area contributed by atoms with E-state index in [4.69, 9.17) is 5.11 Å². The van der Waals surface area contributed by atoms with E-state index in [0.717, 1.165) is 17.7 Å². The van der Waals surface area contributed by atoms with Crippen molar-refractivity contribution in [3.05, 3.63) is 65.2 Å². The second-order valence-corrected chi connectivity index (χ2v) is 4.04. The number of benzene rings is 2. The van der Waals surface area contributed by atoms with Crippen LogP contribution in [0.4, 0.5) is 13.2 Å². The van der Waals surface area contributed by atoms with Gasteiger partial charge in [0.15, 0.2) is 0 Å². The summed E-state index contributed by atoms with van der Waals surface area (Å²) in [6.07, 6.45) is -3.91. The first kappa shape index (κ1) is 12.5. The zero-order valence-electron chi connectivity index (χ0n) is 9.41. The summed E-state index contributed by atoms with van der Waals surface area (Å²) in [6.45, 7) is 0. The smallest absolute Gasteiger partial charge is 0.416 e. The summed E-state index contributed by atoms with van der Waals surface area (Å²) in [4.78, 5) is 0. The molecule has 0 unspecified atom stereocenters. The number of phenols is 1. The first-order chi connectivity index (χ1) is 8.45. The van der Waals surface area contributed by atoms with E-state index in [0.29, 0.717) is 12.0 Å². The van der Waals surface area contributed by atoms with E-state index >= 15 is 0 Å². The highest BCUT2D eigenvalue weighted by Crippen LogP contribution is 2.30. The molecule has 0 radical (unpaired) electrons. The molecule has 18 heavy (non-hydrogen) atoms. The molecule has 0 heterocycles. The molecule has 1 N–H and O–H groups in total. The molecule has 94 valence electrons. The van der Waals surface area contributed by atoms with Gasteiger partial charge in [0.25, 0.3) is 0 Å². The van der Waals surface area contributed by atoms with Crippen LogP contribution in [0.15, 0.2) is 48.5 Å². The molecule has 0 aliphatic heterocycles. The van der Waals surface area contributed by atoms with E-state index in [1.807, 2.05) is 0 Å². The number of hydrogen-bond donors (Lipinski definition) is 1. The summed E-state index contributed by atoms with van der Waals surface area (Å²) in [5.41, 5.74) is 0.807. The van der Waals surface area contributed by atoms with Crippen molar-refractivity contribution in [3.8, 4) is 5.75 Å². The minimum absolute atomic E-state index is 0.141. The lowest BCUT2D eigenvalue weighted by atomic mass is 10.0. The van der Waals surface area contributed by atoms with Crippen molar-refractivity contribution in [1.29, 1.82) is 0 Å². The maximum atomic E-state index is 12.5. The second kappa shape index (κ2) is 4.72. The van der Waals surface area contributed by atoms with E-state index in [9.17, 15) is 13.2 Å². The lowest BCUT2D eigenvalue weighted by Crippen LogP contribution is -2.05. The van der Waals surface area contributed by atoms with Crippen LogP contribution in [0.5, 0.6) is 5.75 Å². The Morgan fingerprint density at radius 3 is 2.17 bits per heavy atom. The molecule has 1 nitrogen and oxygen atoms in total. The van der Waals surface area contributed by atoms with Crippen LogP contribution in [0.3, 0.4) is 0 Å². The Hall–Kier alpha value is -1.97. The molecule has 0 fully saturated rings. The van der Waals surface area contributed by atoms with Crippen molar-refractivity contribution in [2.24, 2.45) is 0 Å². The van der Waals surface area contributed by atoms with Crippen molar-refractivity contribution in [1.82, 2.24) is 0 Å². The number of alkyl halides is 3. The monoisotopic (exact) mass is 252 g/mol. The lowest BCUT2D eigenvalue weighted by molar-refractivity contribution is -0.137. The van der Waals surface area contributed by atoms with Crippen molar-refractivity contribution in [3.63, 3.8) is 0 Å². The molecule has 0 aliphatic rings. The molecule has 0 saturated carbocycles. The average molecular weight is 252 g/mol. The topological polar surface area (TPSA) is 20.2 Å². The van der Waals surface area contributed by atoms with Gasteiger partial charge in [-0.1, -0.05) is 30.3 Å². The third-order valence-corrected chi connectivity index (χ3v) is 2.60. The fraction of sp³-hybridized carbons (Fsp3) is 0.143. The quantitative estimate of drug-likeness (QED) is 0.856. The van der Waals surface area contributed by atoms with Gasteiger partial charge in [-0.2, -0.15) is 13.2 Å². The highest BCUT2D eigenvalue weighted by atomic mass is 19.4. The molecule has 2 aromatic carbocycles. The van der Waals surface area contributed by atoms with Gasteiger partial charge >= 0.3 is 6.18 Å². The SMILES string of the molecule is Oc1ccc(Cc2cccc(C(F)(F)F)c2)cc1. The third kappa shape index (κ3) is 3.03. The molecule has 0 amide bonds. The van der Waals surface area contributed by atoms with Gasteiger partial charge < -0.3 is 5.11 Å². The Morgan fingerprint density at radius 1 is 0.889 bits per heavy atom. The number of phenolic OH excluding ortho intramolecular Hbond substituents is 1. The van der Waals surface area contributed by atoms with Crippen LogP contribution in [-0.2, 0) is 12.6 Å². The van der Waals surface area contributed by atoms with E-state index in [1.165, 1.54) is 18.2 Å². The maximum Gasteiger partial charge on any atom is 0.416 e. The zero-order chi connectivity index (χ0) is 13.2. The second-order valence-electron chi connectivity index (χ2n) is 4.04. The minimum atomic E-state index is -4.31. The Kier molecular flexibility index (Phi) is 3.28. The van der Waals surface area contributed by atoms with Gasteiger partial charge in [-0.15, -0.1) is 0 Å². The predicted octanol–water partition coefficient (Wildman–Crippen LogP) is 4.00. The molecular weight excluding hydrogens is 241 g/mol. The Balaban J connectivity index is 2.22. The molecular formula is C14H11F3O. The van der Waals surface area contributed by atoms with Crippen LogP contribution in [0, 0.1) is 0 Å². The highest BCUT2D eigenvalue weighted by molar-refractivity contribution is 5.33. The van der Waals surface area contributed by atoms with Gasteiger partial charge in [-0.05, 0) is 35.7 Å². The normalized spacial score (nSPS) is 11.5. The first-order valence-corrected chi connectivity index (χ1v) is 5.39. The highest BCUT2D eigenvalue weighted by Gasteiger charge is 2.30. The zero-order valence-corrected chi connectivity index (χ0v) is 9.41. The standard InChI is InChI=1S/C14H11F3O/c15-14(16,17)12-3-1-2-11(9-12)8-10-4-6-13(18)7-5-10/h1-7,9,18H,8H2. The van der Waals surface area contributed by atoms with Gasteiger partial charge in [0.1, 0.15) is 5.75 Å². The summed E-state index contributed by atoms with van der Waals surface area (Å²) < 4.78 is 37.6. The fourth-order valence-electron chi connectivity index (χ4n) is 1.71. The Bertz CT molecular complexity index is 529. The van der Waals surface area contributed by atoms with E-state index in [2.05, 4.69) is 0 Å². The number of rotatable bonds is 2. The minimum Gasteiger partial charge on any atom is -0.508 e. The first-order valence-electron chi connectivity index (χ1n) is 5.39. The van der Waals surface area contributed by atoms with Crippen LogP contribution >= 0.6 is 0 Å². The Morgan fingerprint density at radius 2 is 1.56 bits per heavy atom. The largest absolute Gasteiger partial charge is 0.508 e. The molecule has 0 atom stereocenters. The third-order valence-electron chi connectivity index (χ3n) is 2.60.